The van der Waals surface area contributed by atoms with Gasteiger partial charge in [-0.1, -0.05) is 63.2 Å². The van der Waals surface area contributed by atoms with E-state index in [1.807, 2.05) is 6.92 Å². The van der Waals surface area contributed by atoms with Crippen LogP contribution in [-0.2, 0) is 52.1 Å². The Kier molecular flexibility index (Phi) is 10.5. The van der Waals surface area contributed by atoms with Crippen molar-refractivity contribution in [1.82, 2.24) is 15.3 Å². The molecule has 3 rings (SSSR count). The number of nitrogens with zero attached hydrogens (tertiary/aromatic N) is 3. The Morgan fingerprint density at radius 1 is 1.07 bits per heavy atom. The van der Waals surface area contributed by atoms with Gasteiger partial charge in [-0.2, -0.15) is 18.3 Å². The van der Waals surface area contributed by atoms with Crippen LogP contribution in [0.25, 0.3) is 5.32 Å². The first-order valence-corrected chi connectivity index (χ1v) is 10.4. The summed E-state index contributed by atoms with van der Waals surface area (Å²) in [6.07, 6.45) is 10.6. The number of benzene rings is 1. The van der Waals surface area contributed by atoms with Gasteiger partial charge in [0.2, 0.25) is 0 Å². The van der Waals surface area contributed by atoms with E-state index in [0.717, 1.165) is 55.6 Å². The van der Waals surface area contributed by atoms with Gasteiger partial charge in [-0.25, -0.2) is 0 Å². The van der Waals surface area contributed by atoms with Gasteiger partial charge in [-0.3, -0.25) is 0 Å². The summed E-state index contributed by atoms with van der Waals surface area (Å²) in [5.41, 5.74) is 3.48. The van der Waals surface area contributed by atoms with E-state index in [1.165, 1.54) is 43.2 Å². The van der Waals surface area contributed by atoms with Gasteiger partial charge in [0.05, 0.1) is 0 Å². The first kappa shape index (κ1) is 23.3. The monoisotopic (exact) mass is 453 g/mol. The summed E-state index contributed by atoms with van der Waals surface area (Å²) in [6, 6.07) is 8.93. The van der Waals surface area contributed by atoms with Crippen molar-refractivity contribution < 1.29 is 32.7 Å². The van der Waals surface area contributed by atoms with Crippen LogP contribution < -0.4 is 5.32 Å². The van der Waals surface area contributed by atoms with Crippen molar-refractivity contribution in [1.29, 1.82) is 0 Å². The summed E-state index contributed by atoms with van der Waals surface area (Å²) >= 11 is 0. The van der Waals surface area contributed by atoms with Crippen molar-refractivity contribution in [2.75, 3.05) is 13.1 Å². The van der Waals surface area contributed by atoms with E-state index in [2.05, 4.69) is 51.8 Å². The molecule has 1 aromatic heterocycles. The van der Waals surface area contributed by atoms with Crippen LogP contribution >= 0.6 is 0 Å². The fraction of sp³-hybridized carbons (Fsp3) is 0.522. The Hall–Kier alpha value is -0.966. The Bertz CT molecular complexity index is 696. The molecule has 1 saturated carbocycles. The average molecular weight is 453 g/mol. The molecule has 1 aliphatic carbocycles. The predicted octanol–water partition coefficient (Wildman–Crippen LogP) is 5.14. The van der Waals surface area contributed by atoms with Gasteiger partial charge in [-0.15, -0.1) is 0 Å². The van der Waals surface area contributed by atoms with Crippen LogP contribution in [-0.4, -0.2) is 23.1 Å². The van der Waals surface area contributed by atoms with Crippen molar-refractivity contribution in [3.63, 3.8) is 0 Å². The van der Waals surface area contributed by atoms with Gasteiger partial charge in [-0.05, 0) is 49.3 Å². The van der Waals surface area contributed by atoms with Crippen LogP contribution in [0.2, 0.25) is 0 Å². The van der Waals surface area contributed by atoms with Crippen LogP contribution in [0.4, 0.5) is 5.82 Å². The fourth-order valence-electron chi connectivity index (χ4n) is 3.73. The molecule has 0 atom stereocenters. The first-order chi connectivity index (χ1) is 13.2. The second kappa shape index (κ2) is 12.6. The molecule has 0 bridgehead atoms. The van der Waals surface area contributed by atoms with Crippen LogP contribution in [0.15, 0.2) is 30.5 Å². The summed E-state index contributed by atoms with van der Waals surface area (Å²) < 4.78 is 0. The summed E-state index contributed by atoms with van der Waals surface area (Å²) in [5, 5.41) is 8.01. The number of nitrogens with one attached hydrogen (secondary N) is 1. The number of rotatable bonds is 9. The molecule has 1 fully saturated rings. The zero-order valence-electron chi connectivity index (χ0n) is 17.2. The molecule has 149 valence electrons. The van der Waals surface area contributed by atoms with E-state index in [4.69, 9.17) is 0 Å². The molecule has 0 saturated heterocycles. The molecule has 0 spiro atoms. The fourth-order valence-corrected chi connectivity index (χ4v) is 3.73. The third-order valence-corrected chi connectivity index (χ3v) is 5.35. The Morgan fingerprint density at radius 2 is 1.79 bits per heavy atom. The van der Waals surface area contributed by atoms with Crippen molar-refractivity contribution in [3.05, 3.63) is 65.2 Å². The molecule has 1 aromatic carbocycles. The predicted molar refractivity (Wildman–Crippen MR) is 112 cm³/mol. The molecule has 1 aliphatic rings. The molecule has 1 radical (unpaired) electrons. The maximum Gasteiger partial charge on any atom is 0.0205 e. The molecule has 0 amide bonds. The van der Waals surface area contributed by atoms with Crippen LogP contribution in [0, 0.1) is 12.8 Å². The minimum absolute atomic E-state index is 0. The largest absolute Gasteiger partial charge is 0.527 e. The topological polar surface area (TPSA) is 51.9 Å². The van der Waals surface area contributed by atoms with E-state index >= 15 is 0 Å². The first-order valence-electron chi connectivity index (χ1n) is 10.4. The summed E-state index contributed by atoms with van der Waals surface area (Å²) in [5.74, 6) is 2.45. The minimum Gasteiger partial charge on any atom is -0.527 e. The van der Waals surface area contributed by atoms with E-state index in [9.17, 15) is 0 Å². The molecule has 2 aromatic rings. The van der Waals surface area contributed by atoms with E-state index in [-0.39, 0.29) is 32.7 Å². The molecule has 5 heteroatoms. The van der Waals surface area contributed by atoms with Crippen molar-refractivity contribution in [3.8, 4) is 0 Å². The Balaban J connectivity index is 0.00000280. The molecular weight excluding hydrogens is 421 g/mol. The average Bonchev–Trinajstić information content (AvgIpc) is 2.70. The standard InChI is InChI=1S/C23H32N4.Y/c1-3-25-23-18(2)15-26-22(27-23)14-13-19-9-11-21(12-10-19)17-24-16-20-7-5-4-6-8-20;/h9-12,15,20,24H,2-8,13-14,16-17H2,1H3;/q-2;. The smallest absolute Gasteiger partial charge is 0.0205 e. The third-order valence-electron chi connectivity index (χ3n) is 5.35. The van der Waals surface area contributed by atoms with Gasteiger partial charge in [0.1, 0.15) is 0 Å². The summed E-state index contributed by atoms with van der Waals surface area (Å²) in [4.78, 5) is 8.92. The Morgan fingerprint density at radius 3 is 2.50 bits per heavy atom. The summed E-state index contributed by atoms with van der Waals surface area (Å²) in [6.45, 7) is 8.79. The number of hydrogen-bond acceptors (Lipinski definition) is 3. The number of aryl methyl sites for hydroxylation is 2. The molecule has 28 heavy (non-hydrogen) atoms. The quantitative estimate of drug-likeness (QED) is 0.535. The zero-order chi connectivity index (χ0) is 18.9. The molecule has 1 heterocycles. The number of hydrogen-bond donors (Lipinski definition) is 1. The maximum absolute atomic E-state index is 4.53. The molecular formula is C23H32N4Y-2. The van der Waals surface area contributed by atoms with Crippen LogP contribution in [0.1, 0.15) is 61.5 Å². The van der Waals surface area contributed by atoms with Crippen molar-refractivity contribution in [2.45, 2.75) is 58.4 Å². The number of aromatic nitrogens is 2. The normalized spacial score (nSPS) is 14.5. The van der Waals surface area contributed by atoms with E-state index in [1.54, 1.807) is 6.20 Å². The second-order valence-electron chi connectivity index (χ2n) is 7.56. The van der Waals surface area contributed by atoms with Gasteiger partial charge >= 0.3 is 0 Å². The van der Waals surface area contributed by atoms with Crippen molar-refractivity contribution >= 4 is 5.82 Å². The van der Waals surface area contributed by atoms with Gasteiger partial charge in [0.15, 0.2) is 0 Å². The molecule has 1 N–H and O–H groups in total. The SMILES string of the molecule is [CH2-]c1cnc(CCc2ccc(CNCC3CCCCC3)cc2)nc1[N-]CC.[Y]. The molecule has 4 nitrogen and oxygen atoms in total. The minimum atomic E-state index is 0. The van der Waals surface area contributed by atoms with Gasteiger partial charge in [0, 0.05) is 45.1 Å². The zero-order valence-corrected chi connectivity index (χ0v) is 20.0. The molecule has 0 aliphatic heterocycles. The van der Waals surface area contributed by atoms with Gasteiger partial charge < -0.3 is 20.6 Å². The van der Waals surface area contributed by atoms with E-state index < -0.39 is 0 Å². The third kappa shape index (κ3) is 7.46. The Labute approximate surface area is 195 Å². The van der Waals surface area contributed by atoms with Gasteiger partial charge in [0.25, 0.3) is 0 Å². The van der Waals surface area contributed by atoms with E-state index in [0.29, 0.717) is 0 Å². The van der Waals surface area contributed by atoms with Crippen LogP contribution in [0.3, 0.4) is 0 Å². The maximum atomic E-state index is 4.53. The second-order valence-corrected chi connectivity index (χ2v) is 7.56. The summed E-state index contributed by atoms with van der Waals surface area (Å²) in [7, 11) is 0. The van der Waals surface area contributed by atoms with Crippen LogP contribution in [0.5, 0.6) is 0 Å². The molecule has 0 unspecified atom stereocenters. The van der Waals surface area contributed by atoms with Crippen molar-refractivity contribution in [2.24, 2.45) is 5.92 Å².